The van der Waals surface area contributed by atoms with Crippen LogP contribution in [0, 0.1) is 6.92 Å². The van der Waals surface area contributed by atoms with Gasteiger partial charge in [0.1, 0.15) is 0 Å². The summed E-state index contributed by atoms with van der Waals surface area (Å²) in [7, 11) is 1.76. The normalized spacial score (nSPS) is 23.1. The van der Waals surface area contributed by atoms with Crippen LogP contribution in [0.5, 0.6) is 0 Å². The highest BCUT2D eigenvalue weighted by Gasteiger charge is 2.45. The van der Waals surface area contributed by atoms with E-state index in [0.717, 1.165) is 56.4 Å². The smallest absolute Gasteiger partial charge is 0.159 e. The van der Waals surface area contributed by atoms with Gasteiger partial charge in [-0.15, -0.1) is 0 Å². The van der Waals surface area contributed by atoms with Crippen LogP contribution in [-0.2, 0) is 21.5 Å². The minimum absolute atomic E-state index is 0.0153. The van der Waals surface area contributed by atoms with Crippen molar-refractivity contribution in [2.45, 2.75) is 25.4 Å². The van der Waals surface area contributed by atoms with Gasteiger partial charge in [-0.25, -0.2) is 9.97 Å². The van der Waals surface area contributed by atoms with E-state index in [1.165, 1.54) is 11.3 Å². The van der Waals surface area contributed by atoms with E-state index in [2.05, 4.69) is 24.0 Å². The molecule has 4 rings (SSSR count). The summed E-state index contributed by atoms with van der Waals surface area (Å²) in [6.45, 7) is 7.21. The molecule has 1 spiro atoms. The molecule has 1 saturated heterocycles. The first-order valence-electron chi connectivity index (χ1n) is 8.94. The molecule has 132 valence electrons. The fourth-order valence-electron chi connectivity index (χ4n) is 4.02. The standard InChI is InChI=1S/C20H25N3O2/c1-15-17-12-25-14-20(8-9-23(13-20)10-11-24-2)18(17)22-19(21-15)16-6-4-3-5-7-16/h3-7H,8-14H2,1-2H3/t20-/m1/s1. The molecule has 0 radical (unpaired) electrons. The number of methoxy groups -OCH3 is 1. The van der Waals surface area contributed by atoms with Gasteiger partial charge in [-0.1, -0.05) is 30.3 Å². The lowest BCUT2D eigenvalue weighted by molar-refractivity contribution is 0.0488. The molecule has 0 bridgehead atoms. The summed E-state index contributed by atoms with van der Waals surface area (Å²) in [6.07, 6.45) is 1.08. The highest BCUT2D eigenvalue weighted by Crippen LogP contribution is 2.40. The number of hydrogen-bond acceptors (Lipinski definition) is 5. The third-order valence-corrected chi connectivity index (χ3v) is 5.42. The van der Waals surface area contributed by atoms with Crippen LogP contribution in [0.1, 0.15) is 23.4 Å². The number of aryl methyl sites for hydroxylation is 1. The zero-order valence-electron chi connectivity index (χ0n) is 15.0. The monoisotopic (exact) mass is 339 g/mol. The Morgan fingerprint density at radius 1 is 1.24 bits per heavy atom. The topological polar surface area (TPSA) is 47.5 Å². The second kappa shape index (κ2) is 6.83. The molecule has 2 aromatic rings. The maximum Gasteiger partial charge on any atom is 0.159 e. The van der Waals surface area contributed by atoms with Gasteiger partial charge < -0.3 is 9.47 Å². The van der Waals surface area contributed by atoms with Crippen molar-refractivity contribution in [2.24, 2.45) is 0 Å². The van der Waals surface area contributed by atoms with Gasteiger partial charge in [0.2, 0.25) is 0 Å². The number of hydrogen-bond donors (Lipinski definition) is 0. The van der Waals surface area contributed by atoms with Crippen LogP contribution >= 0.6 is 0 Å². The van der Waals surface area contributed by atoms with E-state index in [4.69, 9.17) is 19.4 Å². The molecular formula is C20H25N3O2. The molecule has 2 aliphatic heterocycles. The quantitative estimate of drug-likeness (QED) is 0.857. The van der Waals surface area contributed by atoms with Gasteiger partial charge in [0.15, 0.2) is 5.82 Å². The lowest BCUT2D eigenvalue weighted by atomic mass is 9.80. The molecular weight excluding hydrogens is 314 g/mol. The molecule has 0 saturated carbocycles. The molecule has 0 amide bonds. The van der Waals surface area contributed by atoms with Gasteiger partial charge in [-0.2, -0.15) is 0 Å². The maximum absolute atomic E-state index is 5.98. The first-order valence-corrected chi connectivity index (χ1v) is 8.94. The van der Waals surface area contributed by atoms with Crippen molar-refractivity contribution in [3.8, 4) is 11.4 Å². The van der Waals surface area contributed by atoms with Gasteiger partial charge in [0.25, 0.3) is 0 Å². The molecule has 0 aliphatic carbocycles. The third-order valence-electron chi connectivity index (χ3n) is 5.42. The van der Waals surface area contributed by atoms with Crippen molar-refractivity contribution in [3.05, 3.63) is 47.3 Å². The molecule has 25 heavy (non-hydrogen) atoms. The lowest BCUT2D eigenvalue weighted by Crippen LogP contribution is -2.41. The predicted molar refractivity (Wildman–Crippen MR) is 96.5 cm³/mol. The first kappa shape index (κ1) is 16.6. The summed E-state index contributed by atoms with van der Waals surface area (Å²) in [5, 5.41) is 0. The van der Waals surface area contributed by atoms with E-state index < -0.39 is 0 Å². The van der Waals surface area contributed by atoms with Crippen LogP contribution in [0.25, 0.3) is 11.4 Å². The fourth-order valence-corrected chi connectivity index (χ4v) is 4.02. The summed E-state index contributed by atoms with van der Waals surface area (Å²) in [6, 6.07) is 10.2. The predicted octanol–water partition coefficient (Wildman–Crippen LogP) is 2.57. The van der Waals surface area contributed by atoms with Crippen molar-refractivity contribution in [3.63, 3.8) is 0 Å². The highest BCUT2D eigenvalue weighted by atomic mass is 16.5. The Morgan fingerprint density at radius 2 is 2.08 bits per heavy atom. The van der Waals surface area contributed by atoms with Gasteiger partial charge >= 0.3 is 0 Å². The minimum atomic E-state index is -0.0153. The van der Waals surface area contributed by atoms with Crippen molar-refractivity contribution in [2.75, 3.05) is 40.0 Å². The molecule has 1 aromatic carbocycles. The van der Waals surface area contributed by atoms with Gasteiger partial charge in [0.05, 0.1) is 30.9 Å². The Bertz CT molecular complexity index is 750. The molecule has 1 fully saturated rings. The average Bonchev–Trinajstić information content (AvgIpc) is 3.05. The summed E-state index contributed by atoms with van der Waals surface area (Å²) in [4.78, 5) is 12.3. The van der Waals surface area contributed by atoms with Gasteiger partial charge in [0, 0.05) is 37.0 Å². The van der Waals surface area contributed by atoms with E-state index in [9.17, 15) is 0 Å². The molecule has 0 N–H and O–H groups in total. The minimum Gasteiger partial charge on any atom is -0.383 e. The van der Waals surface area contributed by atoms with E-state index in [1.54, 1.807) is 7.11 Å². The number of benzene rings is 1. The van der Waals surface area contributed by atoms with Crippen LogP contribution < -0.4 is 0 Å². The van der Waals surface area contributed by atoms with E-state index >= 15 is 0 Å². The van der Waals surface area contributed by atoms with Crippen molar-refractivity contribution < 1.29 is 9.47 Å². The van der Waals surface area contributed by atoms with Crippen molar-refractivity contribution >= 4 is 0 Å². The lowest BCUT2D eigenvalue weighted by Gasteiger charge is -2.35. The zero-order valence-corrected chi connectivity index (χ0v) is 15.0. The Morgan fingerprint density at radius 3 is 2.88 bits per heavy atom. The van der Waals surface area contributed by atoms with Crippen LogP contribution in [0.3, 0.4) is 0 Å². The van der Waals surface area contributed by atoms with E-state index in [0.29, 0.717) is 6.61 Å². The van der Waals surface area contributed by atoms with Gasteiger partial charge in [-0.05, 0) is 19.9 Å². The largest absolute Gasteiger partial charge is 0.383 e. The molecule has 1 aromatic heterocycles. The maximum atomic E-state index is 5.98. The Hall–Kier alpha value is -1.82. The Kier molecular flexibility index (Phi) is 4.54. The summed E-state index contributed by atoms with van der Waals surface area (Å²) in [5.41, 5.74) is 4.48. The number of ether oxygens (including phenoxy) is 2. The SMILES string of the molecule is COCCN1CC[C@]2(COCc3c(C)nc(-c4ccccc4)nc32)C1. The molecule has 0 unspecified atom stereocenters. The van der Waals surface area contributed by atoms with Crippen molar-refractivity contribution in [1.82, 2.24) is 14.9 Å². The highest BCUT2D eigenvalue weighted by molar-refractivity contribution is 5.56. The van der Waals surface area contributed by atoms with Gasteiger partial charge in [-0.3, -0.25) is 4.90 Å². The zero-order chi connectivity index (χ0) is 17.3. The number of nitrogens with zero attached hydrogens (tertiary/aromatic N) is 3. The van der Waals surface area contributed by atoms with Crippen LogP contribution in [-0.4, -0.2) is 54.8 Å². The van der Waals surface area contributed by atoms with E-state index in [1.807, 2.05) is 18.2 Å². The van der Waals surface area contributed by atoms with Crippen LogP contribution in [0.4, 0.5) is 0 Å². The third kappa shape index (κ3) is 3.08. The fraction of sp³-hybridized carbons (Fsp3) is 0.500. The van der Waals surface area contributed by atoms with Crippen molar-refractivity contribution in [1.29, 1.82) is 0 Å². The Labute approximate surface area is 149 Å². The van der Waals surface area contributed by atoms with E-state index in [-0.39, 0.29) is 5.41 Å². The molecule has 2 aliphatic rings. The molecule has 3 heterocycles. The van der Waals surface area contributed by atoms with Crippen LogP contribution in [0.2, 0.25) is 0 Å². The van der Waals surface area contributed by atoms with Crippen LogP contribution in [0.15, 0.2) is 30.3 Å². The number of aromatic nitrogens is 2. The average molecular weight is 339 g/mol. The molecule has 1 atom stereocenters. The number of rotatable bonds is 4. The number of likely N-dealkylation sites (tertiary alicyclic amines) is 1. The summed E-state index contributed by atoms with van der Waals surface area (Å²) < 4.78 is 11.2. The summed E-state index contributed by atoms with van der Waals surface area (Å²) in [5.74, 6) is 0.827. The second-order valence-corrected chi connectivity index (χ2v) is 7.12. The molecule has 5 heteroatoms. The second-order valence-electron chi connectivity index (χ2n) is 7.12. The first-order chi connectivity index (χ1) is 12.2. The Balaban J connectivity index is 1.72. The number of fused-ring (bicyclic) bond motifs is 2. The summed E-state index contributed by atoms with van der Waals surface area (Å²) >= 11 is 0. The molecule has 5 nitrogen and oxygen atoms in total.